The van der Waals surface area contributed by atoms with Crippen molar-refractivity contribution < 1.29 is 18.1 Å². The fraction of sp³-hybridized carbons (Fsp3) is 0.571. The van der Waals surface area contributed by atoms with Crippen molar-refractivity contribution in [2.45, 2.75) is 51.0 Å². The first kappa shape index (κ1) is 22.4. The SMILES string of the molecule is C#CC(CC)(CC)NC(=O)C[NH+]1CCN(S(=O)(=O)c2ccc(C)c(C)c2)CC1. The van der Waals surface area contributed by atoms with E-state index < -0.39 is 15.6 Å². The molecular weight excluding hydrogens is 374 g/mol. The maximum absolute atomic E-state index is 12.9. The molecule has 1 aromatic carbocycles. The van der Waals surface area contributed by atoms with Gasteiger partial charge in [-0.3, -0.25) is 4.79 Å². The second kappa shape index (κ2) is 9.08. The highest BCUT2D eigenvalue weighted by atomic mass is 32.2. The minimum atomic E-state index is -3.50. The van der Waals surface area contributed by atoms with Crippen molar-refractivity contribution in [1.29, 1.82) is 0 Å². The molecule has 1 fully saturated rings. The van der Waals surface area contributed by atoms with Crippen molar-refractivity contribution in [2.24, 2.45) is 0 Å². The summed E-state index contributed by atoms with van der Waals surface area (Å²) in [5.41, 5.74) is 1.44. The molecule has 0 radical (unpaired) electrons. The molecule has 154 valence electrons. The van der Waals surface area contributed by atoms with Crippen molar-refractivity contribution in [2.75, 3.05) is 32.7 Å². The summed E-state index contributed by atoms with van der Waals surface area (Å²) in [7, 11) is -3.50. The molecule has 0 aliphatic carbocycles. The van der Waals surface area contributed by atoms with Gasteiger partial charge in [0.15, 0.2) is 6.54 Å². The molecule has 0 saturated carbocycles. The molecule has 2 rings (SSSR count). The monoisotopic (exact) mass is 406 g/mol. The predicted octanol–water partition coefficient (Wildman–Crippen LogP) is 0.501. The van der Waals surface area contributed by atoms with E-state index in [1.807, 2.05) is 33.8 Å². The molecule has 0 aromatic heterocycles. The Labute approximate surface area is 169 Å². The summed E-state index contributed by atoms with van der Waals surface area (Å²) in [5, 5.41) is 2.98. The number of rotatable bonds is 7. The number of amides is 1. The summed E-state index contributed by atoms with van der Waals surface area (Å²) in [6, 6.07) is 5.23. The molecule has 1 aliphatic rings. The Kier molecular flexibility index (Phi) is 7.27. The number of hydrogen-bond acceptors (Lipinski definition) is 3. The van der Waals surface area contributed by atoms with E-state index in [0.717, 1.165) is 16.0 Å². The number of piperazine rings is 1. The first-order valence-corrected chi connectivity index (χ1v) is 11.3. The average molecular weight is 407 g/mol. The molecule has 1 aliphatic heterocycles. The van der Waals surface area contributed by atoms with Crippen molar-refractivity contribution in [1.82, 2.24) is 9.62 Å². The summed E-state index contributed by atoms with van der Waals surface area (Å²) in [4.78, 5) is 13.8. The third-order valence-corrected chi connectivity index (χ3v) is 7.71. The van der Waals surface area contributed by atoms with Crippen LogP contribution < -0.4 is 10.2 Å². The minimum Gasteiger partial charge on any atom is -0.335 e. The molecule has 1 heterocycles. The standard InChI is InChI=1S/C21H31N3O3S/c1-6-21(7-2,8-3)22-20(25)16-23-11-13-24(14-12-23)28(26,27)19-10-9-17(4)18(5)15-19/h1,9-10,15H,7-8,11-14,16H2,2-5H3,(H,22,25)/p+1. The summed E-state index contributed by atoms with van der Waals surface area (Å²) >= 11 is 0. The lowest BCUT2D eigenvalue weighted by Gasteiger charge is -2.32. The zero-order chi connectivity index (χ0) is 20.9. The van der Waals surface area contributed by atoms with E-state index in [1.54, 1.807) is 12.1 Å². The van der Waals surface area contributed by atoms with Gasteiger partial charge in [0.1, 0.15) is 5.54 Å². The van der Waals surface area contributed by atoms with E-state index in [2.05, 4.69) is 11.2 Å². The Morgan fingerprint density at radius 1 is 1.21 bits per heavy atom. The molecule has 0 atom stereocenters. The number of quaternary nitrogens is 1. The van der Waals surface area contributed by atoms with Gasteiger partial charge >= 0.3 is 0 Å². The number of carbonyl (C=O) groups excluding carboxylic acids is 1. The Balaban J connectivity index is 1.96. The van der Waals surface area contributed by atoms with Crippen LogP contribution in [0, 0.1) is 26.2 Å². The van der Waals surface area contributed by atoms with Crippen molar-refractivity contribution in [3.8, 4) is 12.3 Å². The zero-order valence-corrected chi connectivity index (χ0v) is 18.2. The molecule has 7 heteroatoms. The van der Waals surface area contributed by atoms with Crippen molar-refractivity contribution in [3.05, 3.63) is 29.3 Å². The fourth-order valence-corrected chi connectivity index (χ4v) is 4.98. The van der Waals surface area contributed by atoms with E-state index in [4.69, 9.17) is 6.42 Å². The Morgan fingerprint density at radius 3 is 2.32 bits per heavy atom. The minimum absolute atomic E-state index is 0.0814. The number of nitrogens with zero attached hydrogens (tertiary/aromatic N) is 1. The van der Waals surface area contributed by atoms with E-state index in [1.165, 1.54) is 4.31 Å². The van der Waals surface area contributed by atoms with E-state index in [-0.39, 0.29) is 5.91 Å². The van der Waals surface area contributed by atoms with Crippen LogP contribution in [-0.4, -0.2) is 56.9 Å². The van der Waals surface area contributed by atoms with Gasteiger partial charge in [-0.05, 0) is 49.9 Å². The normalized spacial score (nSPS) is 16.5. The first-order valence-electron chi connectivity index (χ1n) is 9.87. The number of aryl methyl sites for hydroxylation is 2. The average Bonchev–Trinajstić information content (AvgIpc) is 2.68. The Morgan fingerprint density at radius 2 is 1.82 bits per heavy atom. The second-order valence-corrected chi connectivity index (χ2v) is 9.50. The topological polar surface area (TPSA) is 70.9 Å². The maximum Gasteiger partial charge on any atom is 0.276 e. The van der Waals surface area contributed by atoms with Crippen LogP contribution in [-0.2, 0) is 14.8 Å². The quantitative estimate of drug-likeness (QED) is 0.648. The molecule has 1 saturated heterocycles. The van der Waals surface area contributed by atoms with Gasteiger partial charge < -0.3 is 10.2 Å². The smallest absolute Gasteiger partial charge is 0.276 e. The van der Waals surface area contributed by atoms with Crippen LogP contribution in [0.2, 0.25) is 0 Å². The van der Waals surface area contributed by atoms with Crippen LogP contribution in [0.1, 0.15) is 37.8 Å². The number of nitrogens with one attached hydrogen (secondary N) is 2. The summed E-state index contributed by atoms with van der Waals surface area (Å²) < 4.78 is 27.3. The molecule has 0 spiro atoms. The Bertz CT molecular complexity index is 846. The molecule has 0 unspecified atom stereocenters. The van der Waals surface area contributed by atoms with Gasteiger partial charge in [0, 0.05) is 0 Å². The van der Waals surface area contributed by atoms with Crippen LogP contribution in [0.5, 0.6) is 0 Å². The molecule has 6 nitrogen and oxygen atoms in total. The lowest BCUT2D eigenvalue weighted by Crippen LogP contribution is -3.16. The number of benzene rings is 1. The van der Waals surface area contributed by atoms with Gasteiger partial charge in [-0.25, -0.2) is 8.42 Å². The van der Waals surface area contributed by atoms with Crippen LogP contribution in [0.25, 0.3) is 0 Å². The van der Waals surface area contributed by atoms with Crippen LogP contribution in [0.3, 0.4) is 0 Å². The van der Waals surface area contributed by atoms with Gasteiger partial charge in [-0.1, -0.05) is 25.8 Å². The second-order valence-electron chi connectivity index (χ2n) is 7.56. The maximum atomic E-state index is 12.9. The predicted molar refractivity (Wildman–Crippen MR) is 111 cm³/mol. The third-order valence-electron chi connectivity index (χ3n) is 5.82. The summed E-state index contributed by atoms with van der Waals surface area (Å²) in [6.07, 6.45) is 6.97. The van der Waals surface area contributed by atoms with Crippen molar-refractivity contribution >= 4 is 15.9 Å². The lowest BCUT2D eigenvalue weighted by atomic mass is 9.94. The highest BCUT2D eigenvalue weighted by Crippen LogP contribution is 2.19. The number of carbonyl (C=O) groups is 1. The first-order chi connectivity index (χ1) is 13.2. The van der Waals surface area contributed by atoms with Gasteiger partial charge in [0.2, 0.25) is 10.0 Å². The molecular formula is C21H32N3O3S+. The van der Waals surface area contributed by atoms with Gasteiger partial charge in [-0.2, -0.15) is 4.31 Å². The largest absolute Gasteiger partial charge is 0.335 e. The third kappa shape index (κ3) is 4.93. The number of terminal acetylenes is 1. The van der Waals surface area contributed by atoms with E-state index in [0.29, 0.717) is 50.5 Å². The molecule has 1 aromatic rings. The highest BCUT2D eigenvalue weighted by molar-refractivity contribution is 7.89. The lowest BCUT2D eigenvalue weighted by molar-refractivity contribution is -0.895. The number of sulfonamides is 1. The summed E-state index contributed by atoms with van der Waals surface area (Å²) in [6.45, 7) is 10.1. The zero-order valence-electron chi connectivity index (χ0n) is 17.3. The van der Waals surface area contributed by atoms with Crippen LogP contribution >= 0.6 is 0 Å². The Hall–Kier alpha value is -1.88. The van der Waals surface area contributed by atoms with Gasteiger partial charge in [-0.15, -0.1) is 6.42 Å². The highest BCUT2D eigenvalue weighted by Gasteiger charge is 2.32. The summed E-state index contributed by atoms with van der Waals surface area (Å²) in [5.74, 6) is 2.63. The van der Waals surface area contributed by atoms with E-state index >= 15 is 0 Å². The van der Waals surface area contributed by atoms with Crippen LogP contribution in [0.15, 0.2) is 23.1 Å². The van der Waals surface area contributed by atoms with Crippen molar-refractivity contribution in [3.63, 3.8) is 0 Å². The molecule has 2 N–H and O–H groups in total. The fourth-order valence-electron chi connectivity index (χ4n) is 3.45. The molecule has 1 amide bonds. The van der Waals surface area contributed by atoms with Gasteiger partial charge in [0.25, 0.3) is 5.91 Å². The molecule has 28 heavy (non-hydrogen) atoms. The van der Waals surface area contributed by atoms with E-state index in [9.17, 15) is 13.2 Å². The van der Waals surface area contributed by atoms with Gasteiger partial charge in [0.05, 0.1) is 31.1 Å². The van der Waals surface area contributed by atoms with Crippen LogP contribution in [0.4, 0.5) is 0 Å². The molecule has 0 bridgehead atoms. The number of hydrogen-bond donors (Lipinski definition) is 2.